The number of aromatic nitrogens is 1. The lowest BCUT2D eigenvalue weighted by molar-refractivity contribution is 0.452. The van der Waals surface area contributed by atoms with Crippen molar-refractivity contribution in [2.75, 3.05) is 0 Å². The Hall–Kier alpha value is -1.81. The molecule has 3 nitrogen and oxygen atoms in total. The van der Waals surface area contributed by atoms with E-state index in [4.69, 9.17) is 9.68 Å². The average Bonchev–Trinajstić information content (AvgIpc) is 2.33. The van der Waals surface area contributed by atoms with Gasteiger partial charge >= 0.3 is 7.69 Å². The van der Waals surface area contributed by atoms with Gasteiger partial charge < -0.3 is 9.68 Å². The minimum Gasteiger partial charge on any atom is -0.539 e. The second-order valence-corrected chi connectivity index (χ2v) is 3.50. The molecule has 4 heteroatoms. The summed E-state index contributed by atoms with van der Waals surface area (Å²) in [6, 6.07) is 9.76. The Morgan fingerprint density at radius 2 is 2.12 bits per heavy atom. The fourth-order valence-electron chi connectivity index (χ4n) is 1.54. The van der Waals surface area contributed by atoms with Crippen LogP contribution in [-0.2, 0) is 0 Å². The molecule has 16 heavy (non-hydrogen) atoms. The molecule has 0 spiro atoms. The number of hydrogen-bond acceptors (Lipinski definition) is 3. The maximum absolute atomic E-state index is 8.77. The molecule has 1 N–H and O–H groups in total. The predicted octanol–water partition coefficient (Wildman–Crippen LogP) is 1.69. The summed E-state index contributed by atoms with van der Waals surface area (Å²) in [4.78, 5) is 4.07. The van der Waals surface area contributed by atoms with Gasteiger partial charge in [-0.15, -0.1) is 0 Å². The number of nitrogens with zero attached hydrogens (tertiary/aromatic N) is 1. The van der Waals surface area contributed by atoms with Crippen molar-refractivity contribution in [3.63, 3.8) is 0 Å². The van der Waals surface area contributed by atoms with Crippen molar-refractivity contribution in [1.29, 1.82) is 0 Å². The normalized spacial score (nSPS) is 9.88. The summed E-state index contributed by atoms with van der Waals surface area (Å²) in [5.41, 5.74) is 3.06. The van der Waals surface area contributed by atoms with Crippen LogP contribution >= 0.6 is 0 Å². The molecule has 0 atom stereocenters. The average molecular weight is 213 g/mol. The first kappa shape index (κ1) is 10.7. The smallest absolute Gasteiger partial charge is 0.504 e. The van der Waals surface area contributed by atoms with Crippen molar-refractivity contribution >= 4 is 7.69 Å². The summed E-state index contributed by atoms with van der Waals surface area (Å²) in [5.74, 6) is 0.698. The molecular formula is C12H12BNO2. The zero-order valence-electron chi connectivity index (χ0n) is 9.05. The van der Waals surface area contributed by atoms with Crippen molar-refractivity contribution in [1.82, 2.24) is 4.98 Å². The highest BCUT2D eigenvalue weighted by Crippen LogP contribution is 2.26. The summed E-state index contributed by atoms with van der Waals surface area (Å²) in [6.07, 6.45) is 3.54. The Bertz CT molecular complexity index is 474. The molecular weight excluding hydrogens is 201 g/mol. The van der Waals surface area contributed by atoms with Crippen molar-refractivity contribution in [2.24, 2.45) is 0 Å². The topological polar surface area (TPSA) is 42.4 Å². The fraction of sp³-hybridized carbons (Fsp3) is 0.0833. The second-order valence-electron chi connectivity index (χ2n) is 3.50. The Morgan fingerprint density at radius 1 is 1.25 bits per heavy atom. The van der Waals surface area contributed by atoms with Crippen LogP contribution in [0.4, 0.5) is 0 Å². The maximum Gasteiger partial charge on any atom is 0.504 e. The second kappa shape index (κ2) is 4.81. The molecule has 1 aromatic carbocycles. The lowest BCUT2D eigenvalue weighted by Crippen LogP contribution is -2.01. The number of pyridine rings is 1. The molecule has 0 saturated heterocycles. The number of hydrogen-bond donors (Lipinski definition) is 1. The van der Waals surface area contributed by atoms with Crippen molar-refractivity contribution in [3.05, 3.63) is 48.3 Å². The molecule has 0 aliphatic carbocycles. The molecule has 2 rings (SSSR count). The standard InChI is InChI=1S/C12H12BNO2/c1-9-4-5-10(7-12(9)16-13-15)11-3-2-6-14-8-11/h2-8,13,15H,1H3. The lowest BCUT2D eigenvalue weighted by Gasteiger charge is -2.08. The monoisotopic (exact) mass is 213 g/mol. The van der Waals surface area contributed by atoms with Gasteiger partial charge in [-0.25, -0.2) is 0 Å². The summed E-state index contributed by atoms with van der Waals surface area (Å²) in [5, 5.41) is 8.77. The van der Waals surface area contributed by atoms with Crippen molar-refractivity contribution in [2.45, 2.75) is 6.92 Å². The summed E-state index contributed by atoms with van der Waals surface area (Å²) in [6.45, 7) is 1.94. The third-order valence-electron chi connectivity index (χ3n) is 2.40. The SMILES string of the molecule is Cc1ccc(-c2cccnc2)cc1OBO. The van der Waals surface area contributed by atoms with Gasteiger partial charge in [-0.1, -0.05) is 18.2 Å². The highest BCUT2D eigenvalue weighted by atomic mass is 16.5. The van der Waals surface area contributed by atoms with E-state index in [-0.39, 0.29) is 7.69 Å². The highest BCUT2D eigenvalue weighted by molar-refractivity contribution is 6.17. The molecule has 0 aliphatic heterocycles. The first-order valence-electron chi connectivity index (χ1n) is 5.06. The minimum atomic E-state index is -0.308. The van der Waals surface area contributed by atoms with Crippen LogP contribution < -0.4 is 4.65 Å². The van der Waals surface area contributed by atoms with E-state index in [2.05, 4.69) is 4.98 Å². The summed E-state index contributed by atoms with van der Waals surface area (Å²) < 4.78 is 5.13. The Morgan fingerprint density at radius 3 is 2.81 bits per heavy atom. The number of benzene rings is 1. The van der Waals surface area contributed by atoms with Gasteiger partial charge in [0.2, 0.25) is 0 Å². The van der Waals surface area contributed by atoms with E-state index in [9.17, 15) is 0 Å². The van der Waals surface area contributed by atoms with Crippen LogP contribution in [0.1, 0.15) is 5.56 Å². The molecule has 2 aromatic rings. The zero-order chi connectivity index (χ0) is 11.4. The molecule has 0 unspecified atom stereocenters. The van der Waals surface area contributed by atoms with Crippen LogP contribution in [0.15, 0.2) is 42.7 Å². The third kappa shape index (κ3) is 2.23. The van der Waals surface area contributed by atoms with Crippen LogP contribution in [0.3, 0.4) is 0 Å². The van der Waals surface area contributed by atoms with Crippen LogP contribution in [0.5, 0.6) is 5.75 Å². The van der Waals surface area contributed by atoms with Crippen LogP contribution in [0.2, 0.25) is 0 Å². The molecule has 0 saturated carbocycles. The van der Waals surface area contributed by atoms with Crippen molar-refractivity contribution < 1.29 is 9.68 Å². The van der Waals surface area contributed by atoms with E-state index in [1.807, 2.05) is 37.3 Å². The predicted molar refractivity (Wildman–Crippen MR) is 64.4 cm³/mol. The summed E-state index contributed by atoms with van der Waals surface area (Å²) in [7, 11) is -0.308. The van der Waals surface area contributed by atoms with E-state index < -0.39 is 0 Å². The fourth-order valence-corrected chi connectivity index (χ4v) is 1.54. The van der Waals surface area contributed by atoms with Gasteiger partial charge in [0.25, 0.3) is 0 Å². The first-order valence-corrected chi connectivity index (χ1v) is 5.06. The molecule has 0 bridgehead atoms. The van der Waals surface area contributed by atoms with Gasteiger partial charge in [0.1, 0.15) is 5.75 Å². The van der Waals surface area contributed by atoms with E-state index in [0.717, 1.165) is 16.7 Å². The third-order valence-corrected chi connectivity index (χ3v) is 2.40. The van der Waals surface area contributed by atoms with E-state index in [1.165, 1.54) is 0 Å². The molecule has 80 valence electrons. The van der Waals surface area contributed by atoms with Crippen LogP contribution in [0, 0.1) is 6.92 Å². The van der Waals surface area contributed by atoms with Gasteiger partial charge in [0.05, 0.1) is 0 Å². The Labute approximate surface area is 95.0 Å². The molecule has 0 radical (unpaired) electrons. The number of rotatable bonds is 3. The lowest BCUT2D eigenvalue weighted by atomic mass is 10.1. The van der Waals surface area contributed by atoms with Crippen LogP contribution in [-0.4, -0.2) is 17.7 Å². The molecule has 0 amide bonds. The van der Waals surface area contributed by atoms with E-state index in [0.29, 0.717) is 5.75 Å². The van der Waals surface area contributed by atoms with E-state index in [1.54, 1.807) is 12.4 Å². The largest absolute Gasteiger partial charge is 0.539 e. The van der Waals surface area contributed by atoms with Gasteiger partial charge in [0, 0.05) is 18.0 Å². The maximum atomic E-state index is 8.77. The zero-order valence-corrected chi connectivity index (χ0v) is 9.05. The quantitative estimate of drug-likeness (QED) is 0.789. The van der Waals surface area contributed by atoms with Gasteiger partial charge in [-0.2, -0.15) is 0 Å². The number of aryl methyl sites for hydroxylation is 1. The van der Waals surface area contributed by atoms with E-state index >= 15 is 0 Å². The highest BCUT2D eigenvalue weighted by Gasteiger charge is 2.03. The van der Waals surface area contributed by atoms with Gasteiger partial charge in [0.15, 0.2) is 0 Å². The Balaban J connectivity index is 2.40. The molecule has 0 aliphatic rings. The van der Waals surface area contributed by atoms with Crippen LogP contribution in [0.25, 0.3) is 11.1 Å². The molecule has 1 aromatic heterocycles. The summed E-state index contributed by atoms with van der Waals surface area (Å²) >= 11 is 0. The van der Waals surface area contributed by atoms with Gasteiger partial charge in [-0.3, -0.25) is 4.98 Å². The first-order chi connectivity index (χ1) is 7.81. The van der Waals surface area contributed by atoms with Gasteiger partial charge in [-0.05, 0) is 30.2 Å². The molecule has 1 heterocycles. The minimum absolute atomic E-state index is 0.308. The van der Waals surface area contributed by atoms with Crippen molar-refractivity contribution in [3.8, 4) is 16.9 Å². The Kier molecular flexibility index (Phi) is 3.22. The molecule has 0 fully saturated rings.